The zero-order chi connectivity index (χ0) is 17.3. The quantitative estimate of drug-likeness (QED) is 0.487. The molecule has 0 saturated carbocycles. The van der Waals surface area contributed by atoms with Crippen LogP contribution in [0.1, 0.15) is 12.5 Å². The van der Waals surface area contributed by atoms with Crippen molar-refractivity contribution in [3.8, 4) is 0 Å². The number of amides is 1. The normalized spacial score (nSPS) is 12.8. The number of carbonyl (C=O) groups is 2. The molecule has 10 heteroatoms. The molecule has 6 nitrogen and oxygen atoms in total. The van der Waals surface area contributed by atoms with E-state index in [2.05, 4.69) is 5.32 Å². The summed E-state index contributed by atoms with van der Waals surface area (Å²) in [5.74, 6) is -3.35. The van der Waals surface area contributed by atoms with E-state index in [1.54, 1.807) is 0 Å². The van der Waals surface area contributed by atoms with Gasteiger partial charge < -0.3 is 26.1 Å². The third-order valence-corrected chi connectivity index (χ3v) is 2.36. The maximum absolute atomic E-state index is 11.4. The van der Waals surface area contributed by atoms with Gasteiger partial charge in [0.2, 0.25) is 5.91 Å². The molecule has 1 rings (SSSR count). The molecule has 4 N–H and O–H groups in total. The SMILES string of the molecule is C[C@@H](O)[C@H](N)C(=O)NCc1ccccc1.O=C([O-])C(F)(F)F.[Na+]. The van der Waals surface area contributed by atoms with Crippen molar-refractivity contribution in [1.82, 2.24) is 5.32 Å². The van der Waals surface area contributed by atoms with Gasteiger partial charge in [-0.15, -0.1) is 0 Å². The molecule has 2 atom stereocenters. The molecule has 0 saturated heterocycles. The van der Waals surface area contributed by atoms with E-state index in [0.29, 0.717) is 6.54 Å². The fourth-order valence-electron chi connectivity index (χ4n) is 1.12. The topological polar surface area (TPSA) is 115 Å². The summed E-state index contributed by atoms with van der Waals surface area (Å²) < 4.78 is 31.5. The number of alkyl halides is 3. The van der Waals surface area contributed by atoms with E-state index in [4.69, 9.17) is 20.7 Å². The number of carbonyl (C=O) groups excluding carboxylic acids is 2. The molecule has 0 heterocycles. The summed E-state index contributed by atoms with van der Waals surface area (Å²) >= 11 is 0. The van der Waals surface area contributed by atoms with Crippen LogP contribution < -0.4 is 45.7 Å². The molecule has 23 heavy (non-hydrogen) atoms. The van der Waals surface area contributed by atoms with Crippen LogP contribution in [-0.2, 0) is 16.1 Å². The summed E-state index contributed by atoms with van der Waals surface area (Å²) in [6.45, 7) is 1.92. The minimum atomic E-state index is -5.19. The zero-order valence-corrected chi connectivity index (χ0v) is 14.6. The van der Waals surface area contributed by atoms with Crippen LogP contribution in [0.5, 0.6) is 0 Å². The van der Waals surface area contributed by atoms with Gasteiger partial charge in [-0.05, 0) is 12.5 Å². The van der Waals surface area contributed by atoms with Crippen molar-refractivity contribution in [2.24, 2.45) is 5.73 Å². The molecule has 0 aromatic heterocycles. The predicted octanol–water partition coefficient (Wildman–Crippen LogP) is -3.69. The number of carboxylic acid groups (broad SMARTS) is 1. The van der Waals surface area contributed by atoms with E-state index in [-0.39, 0.29) is 35.5 Å². The monoisotopic (exact) mass is 344 g/mol. The molecule has 0 aliphatic carbocycles. The van der Waals surface area contributed by atoms with Crippen LogP contribution in [0.25, 0.3) is 0 Å². The largest absolute Gasteiger partial charge is 1.00 e. The molecular formula is C13H16F3N2NaO4. The van der Waals surface area contributed by atoms with Crippen molar-refractivity contribution in [2.45, 2.75) is 31.8 Å². The number of rotatable bonds is 4. The molecule has 0 aliphatic rings. The van der Waals surface area contributed by atoms with Gasteiger partial charge in [0.25, 0.3) is 0 Å². The Balaban J connectivity index is 0. The first kappa shape index (κ1) is 24.1. The molecule has 0 bridgehead atoms. The molecule has 1 aromatic carbocycles. The van der Waals surface area contributed by atoms with Gasteiger partial charge in [-0.3, -0.25) is 4.79 Å². The van der Waals surface area contributed by atoms with Crippen LogP contribution in [0.4, 0.5) is 13.2 Å². The van der Waals surface area contributed by atoms with E-state index >= 15 is 0 Å². The Hall–Kier alpha value is -1.13. The molecule has 124 valence electrons. The second-order valence-electron chi connectivity index (χ2n) is 4.26. The van der Waals surface area contributed by atoms with Crippen LogP contribution in [0.15, 0.2) is 30.3 Å². The number of hydrogen-bond acceptors (Lipinski definition) is 5. The Morgan fingerprint density at radius 3 is 2.09 bits per heavy atom. The standard InChI is InChI=1S/C11H16N2O2.C2HF3O2.Na/c1-8(14)10(12)11(15)13-7-9-5-3-2-4-6-9;3-2(4,5)1(6)7;/h2-6,8,10,14H,7,12H2,1H3,(H,13,15);(H,6,7);/q;;+1/p-1/t8-,10+;;/m1../s1. The van der Waals surface area contributed by atoms with Gasteiger partial charge in [0.15, 0.2) is 0 Å². The van der Waals surface area contributed by atoms with Crippen LogP contribution in [0.2, 0.25) is 0 Å². The first-order valence-electron chi connectivity index (χ1n) is 6.09. The molecule has 0 fully saturated rings. The summed E-state index contributed by atoms with van der Waals surface area (Å²) in [6.07, 6.45) is -6.03. The Bertz CT molecular complexity index is 484. The Morgan fingerprint density at radius 2 is 1.74 bits per heavy atom. The molecular weight excluding hydrogens is 328 g/mol. The van der Waals surface area contributed by atoms with Gasteiger partial charge in [-0.25, -0.2) is 0 Å². The minimum Gasteiger partial charge on any atom is -0.542 e. The second kappa shape index (κ2) is 11.4. The fraction of sp³-hybridized carbons (Fsp3) is 0.385. The van der Waals surface area contributed by atoms with Crippen LogP contribution in [0, 0.1) is 0 Å². The fourth-order valence-corrected chi connectivity index (χ4v) is 1.12. The maximum Gasteiger partial charge on any atom is 1.00 e. The maximum atomic E-state index is 11.4. The van der Waals surface area contributed by atoms with Crippen LogP contribution in [0.3, 0.4) is 0 Å². The van der Waals surface area contributed by atoms with Gasteiger partial charge in [0, 0.05) is 6.54 Å². The molecule has 0 unspecified atom stereocenters. The Morgan fingerprint density at radius 1 is 1.30 bits per heavy atom. The summed E-state index contributed by atoms with van der Waals surface area (Å²) in [5, 5.41) is 20.5. The average molecular weight is 344 g/mol. The smallest absolute Gasteiger partial charge is 0.542 e. The number of aliphatic carboxylic acids is 1. The number of benzene rings is 1. The number of nitrogens with two attached hydrogens (primary N) is 1. The van der Waals surface area contributed by atoms with Crippen molar-refractivity contribution in [1.29, 1.82) is 0 Å². The number of carboxylic acids is 1. The summed E-state index contributed by atoms with van der Waals surface area (Å²) in [7, 11) is 0. The zero-order valence-electron chi connectivity index (χ0n) is 12.6. The number of nitrogens with one attached hydrogen (secondary N) is 1. The molecule has 1 amide bonds. The third kappa shape index (κ3) is 11.1. The molecule has 0 aliphatic heterocycles. The number of aliphatic hydroxyl groups is 1. The summed E-state index contributed by atoms with van der Waals surface area (Å²) in [5.41, 5.74) is 6.47. The van der Waals surface area contributed by atoms with E-state index in [0.717, 1.165) is 5.56 Å². The van der Waals surface area contributed by atoms with Gasteiger partial charge in [0.1, 0.15) is 12.0 Å². The van der Waals surface area contributed by atoms with Gasteiger partial charge >= 0.3 is 35.7 Å². The Kier molecular flexibility index (Phi) is 12.0. The van der Waals surface area contributed by atoms with Crippen molar-refractivity contribution < 1.29 is 62.5 Å². The van der Waals surface area contributed by atoms with E-state index in [1.807, 2.05) is 30.3 Å². The summed E-state index contributed by atoms with van der Waals surface area (Å²) in [4.78, 5) is 20.1. The van der Waals surface area contributed by atoms with Crippen LogP contribution >= 0.6 is 0 Å². The van der Waals surface area contributed by atoms with E-state index in [1.165, 1.54) is 6.92 Å². The number of hydrogen-bond donors (Lipinski definition) is 3. The molecule has 1 aromatic rings. The van der Waals surface area contributed by atoms with Crippen molar-refractivity contribution >= 4 is 11.9 Å². The van der Waals surface area contributed by atoms with Gasteiger partial charge in [-0.1, -0.05) is 30.3 Å². The first-order valence-corrected chi connectivity index (χ1v) is 6.09. The van der Waals surface area contributed by atoms with Crippen molar-refractivity contribution in [3.63, 3.8) is 0 Å². The van der Waals surface area contributed by atoms with Gasteiger partial charge in [0.05, 0.1) is 6.10 Å². The van der Waals surface area contributed by atoms with E-state index in [9.17, 15) is 18.0 Å². The van der Waals surface area contributed by atoms with Crippen LogP contribution in [-0.4, -0.2) is 35.3 Å². The molecule has 0 radical (unpaired) electrons. The summed E-state index contributed by atoms with van der Waals surface area (Å²) in [6, 6.07) is 8.66. The minimum absolute atomic E-state index is 0. The van der Waals surface area contributed by atoms with Crippen molar-refractivity contribution in [2.75, 3.05) is 0 Å². The van der Waals surface area contributed by atoms with Gasteiger partial charge in [-0.2, -0.15) is 13.2 Å². The Labute approximate surface area is 153 Å². The average Bonchev–Trinajstić information content (AvgIpc) is 2.44. The van der Waals surface area contributed by atoms with E-state index < -0.39 is 24.3 Å². The third-order valence-electron chi connectivity index (χ3n) is 2.36. The number of halogens is 3. The number of aliphatic hydroxyl groups excluding tert-OH is 1. The van der Waals surface area contributed by atoms with Crippen molar-refractivity contribution in [3.05, 3.63) is 35.9 Å². The second-order valence-corrected chi connectivity index (χ2v) is 4.26. The predicted molar refractivity (Wildman–Crippen MR) is 69.0 cm³/mol. The molecule has 0 spiro atoms. The first-order chi connectivity index (χ1) is 10.1.